The Morgan fingerprint density at radius 2 is 1.86 bits per heavy atom. The molecule has 0 aromatic carbocycles. The van der Waals surface area contributed by atoms with Gasteiger partial charge in [-0.1, -0.05) is 0 Å². The highest BCUT2D eigenvalue weighted by Gasteiger charge is 2.41. The molecule has 0 aliphatic carbocycles. The maximum Gasteiger partial charge on any atom is 0.391 e. The van der Waals surface area contributed by atoms with E-state index >= 15 is 0 Å². The van der Waals surface area contributed by atoms with E-state index in [1.165, 1.54) is 4.90 Å². The van der Waals surface area contributed by atoms with Crippen LogP contribution >= 0.6 is 11.6 Å². The molecular formula is C8H11ClF3NO. The maximum absolute atomic E-state index is 12.2. The van der Waals surface area contributed by atoms with Crippen LogP contribution < -0.4 is 0 Å². The van der Waals surface area contributed by atoms with Crippen molar-refractivity contribution in [2.45, 2.75) is 19.0 Å². The average Bonchev–Trinajstić information content (AvgIpc) is 2.15. The predicted molar refractivity (Wildman–Crippen MR) is 46.1 cm³/mol. The Balaban J connectivity index is 2.43. The first-order valence-electron chi connectivity index (χ1n) is 4.35. The van der Waals surface area contributed by atoms with Gasteiger partial charge in [0.25, 0.3) is 0 Å². The van der Waals surface area contributed by atoms with Gasteiger partial charge in [0.15, 0.2) is 0 Å². The largest absolute Gasteiger partial charge is 0.391 e. The molecule has 14 heavy (non-hydrogen) atoms. The summed E-state index contributed by atoms with van der Waals surface area (Å²) in [4.78, 5) is 12.4. The third-order valence-corrected chi connectivity index (χ3v) is 2.65. The van der Waals surface area contributed by atoms with Gasteiger partial charge < -0.3 is 4.90 Å². The number of likely N-dealkylation sites (tertiary alicyclic amines) is 1. The van der Waals surface area contributed by atoms with Gasteiger partial charge in [-0.2, -0.15) is 13.2 Å². The van der Waals surface area contributed by atoms with Crippen LogP contribution in [0.5, 0.6) is 0 Å². The minimum absolute atomic E-state index is 0.00781. The smallest absolute Gasteiger partial charge is 0.342 e. The fourth-order valence-electron chi connectivity index (χ4n) is 1.54. The number of carbonyl (C=O) groups excluding carboxylic acids is 1. The van der Waals surface area contributed by atoms with Crippen molar-refractivity contribution in [2.24, 2.45) is 5.92 Å². The molecule has 6 heteroatoms. The van der Waals surface area contributed by atoms with Crippen molar-refractivity contribution in [1.29, 1.82) is 0 Å². The molecule has 0 atom stereocenters. The summed E-state index contributed by atoms with van der Waals surface area (Å²) in [5.74, 6) is -1.70. The second-order valence-electron chi connectivity index (χ2n) is 3.33. The monoisotopic (exact) mass is 229 g/mol. The van der Waals surface area contributed by atoms with Gasteiger partial charge in [0.05, 0.1) is 5.92 Å². The van der Waals surface area contributed by atoms with Crippen molar-refractivity contribution in [3.8, 4) is 0 Å². The third kappa shape index (κ3) is 2.77. The lowest BCUT2D eigenvalue weighted by Crippen LogP contribution is -2.42. The molecule has 0 spiro atoms. The van der Waals surface area contributed by atoms with Crippen LogP contribution in [0.2, 0.25) is 0 Å². The molecule has 1 saturated heterocycles. The highest BCUT2D eigenvalue weighted by molar-refractivity contribution is 6.27. The summed E-state index contributed by atoms with van der Waals surface area (Å²) in [6.07, 6.45) is -4.14. The average molecular weight is 230 g/mol. The normalized spacial score (nSPS) is 19.9. The zero-order chi connectivity index (χ0) is 10.8. The van der Waals surface area contributed by atoms with E-state index in [2.05, 4.69) is 0 Å². The van der Waals surface area contributed by atoms with Gasteiger partial charge in [0, 0.05) is 13.1 Å². The number of nitrogens with zero attached hydrogens (tertiary/aromatic N) is 1. The lowest BCUT2D eigenvalue weighted by atomic mass is 9.96. The van der Waals surface area contributed by atoms with Gasteiger partial charge >= 0.3 is 6.18 Å². The molecule has 0 aromatic rings. The van der Waals surface area contributed by atoms with Crippen molar-refractivity contribution in [3.63, 3.8) is 0 Å². The quantitative estimate of drug-likeness (QED) is 0.630. The van der Waals surface area contributed by atoms with E-state index in [9.17, 15) is 18.0 Å². The molecule has 0 aromatic heterocycles. The van der Waals surface area contributed by atoms with E-state index < -0.39 is 12.1 Å². The second kappa shape index (κ2) is 4.38. The van der Waals surface area contributed by atoms with Crippen LogP contribution in [0.3, 0.4) is 0 Å². The van der Waals surface area contributed by atoms with Crippen molar-refractivity contribution >= 4 is 17.5 Å². The van der Waals surface area contributed by atoms with Gasteiger partial charge in [0.2, 0.25) is 5.91 Å². The zero-order valence-electron chi connectivity index (χ0n) is 7.48. The standard InChI is InChI=1S/C8H11ClF3NO/c9-5-7(14)13-3-1-6(2-4-13)8(10,11)12/h6H,1-5H2. The summed E-state index contributed by atoms with van der Waals surface area (Å²) >= 11 is 5.30. The molecule has 1 heterocycles. The number of hydrogen-bond acceptors (Lipinski definition) is 1. The zero-order valence-corrected chi connectivity index (χ0v) is 8.24. The number of amides is 1. The highest BCUT2D eigenvalue weighted by Crippen LogP contribution is 2.33. The number of hydrogen-bond donors (Lipinski definition) is 0. The summed E-state index contributed by atoms with van der Waals surface area (Å²) in [5, 5.41) is 0. The van der Waals surface area contributed by atoms with Crippen molar-refractivity contribution in [2.75, 3.05) is 19.0 Å². The molecule has 1 rings (SSSR count). The van der Waals surface area contributed by atoms with E-state index in [-0.39, 0.29) is 37.7 Å². The molecule has 1 amide bonds. The van der Waals surface area contributed by atoms with Crippen LogP contribution in [0.15, 0.2) is 0 Å². The SMILES string of the molecule is O=C(CCl)N1CCC(C(F)(F)F)CC1. The van der Waals surface area contributed by atoms with Crippen molar-refractivity contribution in [1.82, 2.24) is 4.90 Å². The Bertz CT molecular complexity index is 211. The molecule has 82 valence electrons. The van der Waals surface area contributed by atoms with Crippen LogP contribution in [0.25, 0.3) is 0 Å². The second-order valence-corrected chi connectivity index (χ2v) is 3.60. The minimum atomic E-state index is -4.13. The Labute approximate surface area is 85.0 Å². The highest BCUT2D eigenvalue weighted by atomic mass is 35.5. The van der Waals surface area contributed by atoms with Gasteiger partial charge in [-0.15, -0.1) is 11.6 Å². The molecule has 2 nitrogen and oxygen atoms in total. The molecule has 0 bridgehead atoms. The summed E-state index contributed by atoms with van der Waals surface area (Å²) < 4.78 is 36.7. The first-order valence-corrected chi connectivity index (χ1v) is 4.89. The maximum atomic E-state index is 12.2. The van der Waals surface area contributed by atoms with E-state index in [1.54, 1.807) is 0 Å². The van der Waals surface area contributed by atoms with E-state index in [4.69, 9.17) is 11.6 Å². The molecule has 0 saturated carbocycles. The van der Waals surface area contributed by atoms with E-state index in [1.807, 2.05) is 0 Å². The Morgan fingerprint density at radius 1 is 1.36 bits per heavy atom. The number of carbonyl (C=O) groups is 1. The number of alkyl halides is 4. The Morgan fingerprint density at radius 3 is 2.21 bits per heavy atom. The van der Waals surface area contributed by atoms with Gasteiger partial charge in [-0.05, 0) is 12.8 Å². The van der Waals surface area contributed by atoms with Gasteiger partial charge in [-0.25, -0.2) is 0 Å². The summed E-state index contributed by atoms with van der Waals surface area (Å²) in [5.41, 5.74) is 0. The summed E-state index contributed by atoms with van der Waals surface area (Å²) in [7, 11) is 0. The molecule has 1 aliphatic rings. The van der Waals surface area contributed by atoms with Gasteiger partial charge in [-0.3, -0.25) is 4.79 Å². The molecule has 1 fully saturated rings. The third-order valence-electron chi connectivity index (χ3n) is 2.42. The van der Waals surface area contributed by atoms with Crippen molar-refractivity contribution in [3.05, 3.63) is 0 Å². The Hall–Kier alpha value is -0.450. The van der Waals surface area contributed by atoms with E-state index in [0.29, 0.717) is 0 Å². The molecular weight excluding hydrogens is 219 g/mol. The predicted octanol–water partition coefficient (Wildman–Crippen LogP) is 2.03. The summed E-state index contributed by atoms with van der Waals surface area (Å²) in [6, 6.07) is 0. The van der Waals surface area contributed by atoms with E-state index in [0.717, 1.165) is 0 Å². The fourth-order valence-corrected chi connectivity index (χ4v) is 1.71. The topological polar surface area (TPSA) is 20.3 Å². The first-order chi connectivity index (χ1) is 6.45. The lowest BCUT2D eigenvalue weighted by molar-refractivity contribution is -0.186. The van der Waals surface area contributed by atoms with Crippen molar-refractivity contribution < 1.29 is 18.0 Å². The molecule has 0 radical (unpaired) electrons. The summed E-state index contributed by atoms with van der Waals surface area (Å²) in [6.45, 7) is 0.325. The molecule has 1 aliphatic heterocycles. The fraction of sp³-hybridized carbons (Fsp3) is 0.875. The van der Waals surface area contributed by atoms with Crippen LogP contribution in [0, 0.1) is 5.92 Å². The minimum Gasteiger partial charge on any atom is -0.342 e. The number of halogens is 4. The molecule has 0 unspecified atom stereocenters. The lowest BCUT2D eigenvalue weighted by Gasteiger charge is -2.32. The van der Waals surface area contributed by atoms with Crippen LogP contribution in [0.4, 0.5) is 13.2 Å². The van der Waals surface area contributed by atoms with Crippen LogP contribution in [-0.4, -0.2) is 36.0 Å². The molecule has 0 N–H and O–H groups in total. The first kappa shape index (κ1) is 11.6. The van der Waals surface area contributed by atoms with Crippen LogP contribution in [-0.2, 0) is 4.79 Å². The number of piperidine rings is 1. The Kier molecular flexibility index (Phi) is 3.64. The van der Waals surface area contributed by atoms with Crippen LogP contribution in [0.1, 0.15) is 12.8 Å². The van der Waals surface area contributed by atoms with Gasteiger partial charge in [0.1, 0.15) is 5.88 Å². The number of rotatable bonds is 1.